The quantitative estimate of drug-likeness (QED) is 0.0520. The maximum absolute atomic E-state index is 14.5. The number of alkyl halides is 3. The molecule has 3 fully saturated rings. The summed E-state index contributed by atoms with van der Waals surface area (Å²) in [5.41, 5.74) is -0.264. The van der Waals surface area contributed by atoms with Crippen LogP contribution >= 0.6 is 39.3 Å². The Morgan fingerprint density at radius 1 is 0.802 bits per heavy atom. The third-order valence-electron chi connectivity index (χ3n) is 16.5. The van der Waals surface area contributed by atoms with Gasteiger partial charge in [-0.25, -0.2) is 21.6 Å². The van der Waals surface area contributed by atoms with Gasteiger partial charge in [-0.05, 0) is 149 Å². The van der Waals surface area contributed by atoms with E-state index in [9.17, 15) is 54.0 Å². The minimum atomic E-state index is -6.17. The molecule has 456 valence electrons. The zero-order chi connectivity index (χ0) is 61.3. The number of carbonyl (C=O) groups is 5. The Labute approximate surface area is 516 Å². The molecule has 0 radical (unpaired) electrons. The second kappa shape index (κ2) is 25.9. The second-order valence-corrected chi connectivity index (χ2v) is 29.1. The number of amides is 5. The van der Waals surface area contributed by atoms with Crippen LogP contribution in [0.1, 0.15) is 94.6 Å². The SMILES string of the molecule is CC1(C)CCC(c2ccc(Cl)cc2)=C(CN2CCN(c3ccc(C(=O)NS(=O)(=O)c4ccc(N[C@H](CCN5CCN(Cc6cc(Br)c7c(c6)C(=O)N(C6CCC(=O)NC6=O)C7=O)CC5)CSc5ccccc5)c(S(=O)(=O)C(F)(F)F)c4)cc3)CC2)C1. The topological polar surface area (TPSA) is 206 Å². The van der Waals surface area contributed by atoms with Crippen LogP contribution in [-0.4, -0.2) is 155 Å². The fraction of sp³-hybridized carbons (Fsp3) is 0.393. The molecule has 1 aliphatic carbocycles. The number of thioether (sulfide) groups is 1. The van der Waals surface area contributed by atoms with Crippen molar-refractivity contribution < 1.29 is 54.0 Å². The number of piperidine rings is 1. The van der Waals surface area contributed by atoms with Gasteiger partial charge in [0.25, 0.3) is 37.6 Å². The summed E-state index contributed by atoms with van der Waals surface area (Å²) in [6.07, 6.45) is 3.45. The van der Waals surface area contributed by atoms with Crippen LogP contribution in [0.15, 0.2) is 134 Å². The van der Waals surface area contributed by atoms with E-state index < -0.39 is 82.5 Å². The highest BCUT2D eigenvalue weighted by Crippen LogP contribution is 2.43. The molecule has 5 aromatic rings. The number of benzene rings is 5. The number of hydrogen-bond donors (Lipinski definition) is 3. The molecular weight excluding hydrogens is 1260 g/mol. The molecule has 1 unspecified atom stereocenters. The van der Waals surface area contributed by atoms with Crippen molar-refractivity contribution in [1.82, 2.24) is 29.6 Å². The van der Waals surface area contributed by atoms with Crippen molar-refractivity contribution >= 4 is 106 Å². The predicted molar refractivity (Wildman–Crippen MR) is 327 cm³/mol. The minimum Gasteiger partial charge on any atom is -0.380 e. The lowest BCUT2D eigenvalue weighted by Gasteiger charge is -2.39. The molecule has 2 atom stereocenters. The lowest BCUT2D eigenvalue weighted by atomic mass is 9.73. The summed E-state index contributed by atoms with van der Waals surface area (Å²) in [6.45, 7) is 11.6. The number of imide groups is 2. The number of anilines is 2. The minimum absolute atomic E-state index is 0.00434. The lowest BCUT2D eigenvalue weighted by molar-refractivity contribution is -0.136. The van der Waals surface area contributed by atoms with E-state index in [1.54, 1.807) is 24.3 Å². The van der Waals surface area contributed by atoms with Crippen molar-refractivity contribution in [3.05, 3.63) is 152 Å². The molecule has 17 nitrogen and oxygen atoms in total. The van der Waals surface area contributed by atoms with Crippen LogP contribution in [0, 0.1) is 5.41 Å². The van der Waals surface area contributed by atoms with Gasteiger partial charge in [-0.1, -0.05) is 61.4 Å². The number of sulfonamides is 1. The van der Waals surface area contributed by atoms with E-state index in [2.05, 4.69) is 72.1 Å². The summed E-state index contributed by atoms with van der Waals surface area (Å²) < 4.78 is 100. The van der Waals surface area contributed by atoms with Crippen LogP contribution in [-0.2, 0) is 36.0 Å². The maximum Gasteiger partial charge on any atom is 0.501 e. The Hall–Kier alpha value is -6.12. The number of sulfone groups is 1. The second-order valence-electron chi connectivity index (χ2n) is 23.1. The average Bonchev–Trinajstić information content (AvgIpc) is 1.56. The van der Waals surface area contributed by atoms with E-state index in [0.717, 1.165) is 72.1 Å². The molecule has 5 aromatic carbocycles. The molecule has 4 heterocycles. The highest BCUT2D eigenvalue weighted by atomic mass is 79.9. The van der Waals surface area contributed by atoms with Gasteiger partial charge >= 0.3 is 5.51 Å². The van der Waals surface area contributed by atoms with Gasteiger partial charge in [-0.2, -0.15) is 13.2 Å². The highest BCUT2D eigenvalue weighted by Gasteiger charge is 2.49. The van der Waals surface area contributed by atoms with Crippen molar-refractivity contribution in [2.45, 2.75) is 91.2 Å². The first-order valence-electron chi connectivity index (χ1n) is 28.3. The van der Waals surface area contributed by atoms with Crippen molar-refractivity contribution in [2.24, 2.45) is 5.41 Å². The van der Waals surface area contributed by atoms with Crippen LogP contribution in [0.5, 0.6) is 0 Å². The van der Waals surface area contributed by atoms with Crippen LogP contribution in [0.4, 0.5) is 24.5 Å². The zero-order valence-electron chi connectivity index (χ0n) is 47.3. The van der Waals surface area contributed by atoms with Gasteiger partial charge in [-0.3, -0.25) is 44.0 Å². The fourth-order valence-electron chi connectivity index (χ4n) is 11.8. The van der Waals surface area contributed by atoms with Gasteiger partial charge in [0.1, 0.15) is 10.9 Å². The number of carbonyl (C=O) groups excluding carboxylic acids is 5. The van der Waals surface area contributed by atoms with E-state index in [4.69, 9.17) is 11.6 Å². The molecule has 5 aliphatic rings. The number of rotatable bonds is 19. The van der Waals surface area contributed by atoms with Gasteiger partial charge in [0, 0.05) is 116 Å². The molecule has 86 heavy (non-hydrogen) atoms. The van der Waals surface area contributed by atoms with Crippen LogP contribution in [0.25, 0.3) is 5.57 Å². The number of halogens is 5. The first kappa shape index (κ1) is 62.9. The molecule has 0 aromatic heterocycles. The molecule has 25 heteroatoms. The number of nitrogens with zero attached hydrogens (tertiary/aromatic N) is 5. The molecule has 3 N–H and O–H groups in total. The summed E-state index contributed by atoms with van der Waals surface area (Å²) in [4.78, 5) is 73.5. The van der Waals surface area contributed by atoms with Crippen LogP contribution in [0.3, 0.4) is 0 Å². The van der Waals surface area contributed by atoms with Gasteiger partial charge in [0.05, 0.1) is 21.7 Å². The third-order valence-corrected chi connectivity index (χ3v) is 21.4. The molecule has 4 aliphatic heterocycles. The monoisotopic (exact) mass is 1320 g/mol. The zero-order valence-corrected chi connectivity index (χ0v) is 52.1. The summed E-state index contributed by atoms with van der Waals surface area (Å²) in [5.74, 6) is -3.20. The maximum atomic E-state index is 14.5. The number of piperazine rings is 2. The van der Waals surface area contributed by atoms with Crippen LogP contribution in [0.2, 0.25) is 5.02 Å². The van der Waals surface area contributed by atoms with E-state index in [0.29, 0.717) is 74.3 Å². The number of fused-ring (bicyclic) bond motifs is 1. The molecule has 5 amide bonds. The van der Waals surface area contributed by atoms with Crippen LogP contribution < -0.4 is 20.3 Å². The van der Waals surface area contributed by atoms with E-state index in [1.807, 2.05) is 47.2 Å². The molecule has 10 rings (SSSR count). The first-order valence-corrected chi connectivity index (χ1v) is 33.4. The fourth-order valence-corrected chi connectivity index (χ4v) is 15.6. The lowest BCUT2D eigenvalue weighted by Crippen LogP contribution is -2.54. The predicted octanol–water partition coefficient (Wildman–Crippen LogP) is 9.48. The Kier molecular flexibility index (Phi) is 19.0. The molecule has 0 spiro atoms. The number of allylic oxidation sites excluding steroid dienone is 1. The summed E-state index contributed by atoms with van der Waals surface area (Å²) in [6, 6.07) is 27.6. The van der Waals surface area contributed by atoms with E-state index >= 15 is 0 Å². The summed E-state index contributed by atoms with van der Waals surface area (Å²) >= 11 is 11.1. The highest BCUT2D eigenvalue weighted by molar-refractivity contribution is 9.10. The Morgan fingerprint density at radius 3 is 2.14 bits per heavy atom. The van der Waals surface area contributed by atoms with Crippen molar-refractivity contribution in [2.75, 3.05) is 81.4 Å². The Bertz CT molecular complexity index is 3700. The summed E-state index contributed by atoms with van der Waals surface area (Å²) in [5, 5.41) is 5.92. The summed E-state index contributed by atoms with van der Waals surface area (Å²) in [7, 11) is -11.1. The van der Waals surface area contributed by atoms with Crippen molar-refractivity contribution in [3.8, 4) is 0 Å². The van der Waals surface area contributed by atoms with Gasteiger partial charge in [-0.15, -0.1) is 11.8 Å². The van der Waals surface area contributed by atoms with Gasteiger partial charge in [0.15, 0.2) is 0 Å². The third kappa shape index (κ3) is 14.4. The smallest absolute Gasteiger partial charge is 0.380 e. The standard InChI is InChI=1S/C61H65BrClF3N8O9S3/c1-60(2)22-20-48(40-8-12-43(63)13-9-40)42(35-60)37-72-28-30-73(31-29-72)45-14-10-41(11-15-45)56(76)69-86(82,83)47-16-17-51(53(34-47)85(80,81)61(64,65)66)67-44(38-84-46-6-4-3-5-7-46)21-23-70-24-26-71(27-25-70)36-39-32-49-55(50(62)33-39)59(79)74(58(49)78)52-18-19-54(75)68-57(52)77/h3-17,32-34,44,52,67H,18-31,35-38H2,1-2H3,(H,69,76)(H,68,75,77)/t44-,52?/m1/s1. The van der Waals surface area contributed by atoms with Gasteiger partial charge in [0.2, 0.25) is 11.8 Å². The normalized spacial score (nSPS) is 19.6. The molecule has 3 saturated heterocycles. The Morgan fingerprint density at radius 2 is 1.47 bits per heavy atom. The first-order chi connectivity index (χ1) is 40.8. The number of nitrogens with one attached hydrogen (secondary N) is 3. The Balaban J connectivity index is 0.774. The molecule has 0 bridgehead atoms. The molecule has 0 saturated carbocycles. The van der Waals surface area contributed by atoms with Gasteiger partial charge < -0.3 is 15.1 Å². The van der Waals surface area contributed by atoms with E-state index in [1.165, 1.54) is 40.6 Å². The van der Waals surface area contributed by atoms with Crippen molar-refractivity contribution in [1.29, 1.82) is 0 Å². The average molecular weight is 1320 g/mol. The van der Waals surface area contributed by atoms with Crippen molar-refractivity contribution in [3.63, 3.8) is 0 Å². The molecular formula is C61H65BrClF3N8O9S3. The largest absolute Gasteiger partial charge is 0.501 e. The number of hydrogen-bond acceptors (Lipinski definition) is 15. The van der Waals surface area contributed by atoms with E-state index in [-0.39, 0.29) is 40.7 Å².